The van der Waals surface area contributed by atoms with Crippen LogP contribution in [0.4, 0.5) is 5.69 Å². The number of benzene rings is 1. The lowest BCUT2D eigenvalue weighted by atomic mass is 10.3. The Labute approximate surface area is 113 Å². The van der Waals surface area contributed by atoms with Gasteiger partial charge in [-0.15, -0.1) is 0 Å². The first-order valence-corrected chi connectivity index (χ1v) is 6.26. The van der Waals surface area contributed by atoms with Crippen molar-refractivity contribution in [2.75, 3.05) is 25.5 Å². The second-order valence-electron chi connectivity index (χ2n) is 4.19. The van der Waals surface area contributed by atoms with Crippen molar-refractivity contribution in [1.82, 2.24) is 4.90 Å². The zero-order valence-corrected chi connectivity index (χ0v) is 11.6. The van der Waals surface area contributed by atoms with Crippen molar-refractivity contribution in [3.05, 3.63) is 24.3 Å². The number of anilines is 1. The van der Waals surface area contributed by atoms with Crippen LogP contribution in [0.15, 0.2) is 24.3 Å². The van der Waals surface area contributed by atoms with Crippen molar-refractivity contribution in [3.63, 3.8) is 0 Å². The van der Waals surface area contributed by atoms with Crippen molar-refractivity contribution in [3.8, 4) is 5.75 Å². The minimum Gasteiger partial charge on any atom is -0.495 e. The summed E-state index contributed by atoms with van der Waals surface area (Å²) in [5.41, 5.74) is 0.606. The van der Waals surface area contributed by atoms with Gasteiger partial charge in [0.25, 0.3) is 0 Å². The van der Waals surface area contributed by atoms with Gasteiger partial charge in [-0.05, 0) is 18.6 Å². The molecule has 0 atom stereocenters. The topological polar surface area (TPSA) is 58.6 Å². The van der Waals surface area contributed by atoms with Crippen LogP contribution < -0.4 is 10.1 Å². The lowest BCUT2D eigenvalue weighted by Crippen LogP contribution is -2.37. The maximum absolute atomic E-state index is 11.9. The van der Waals surface area contributed by atoms with Crippen molar-refractivity contribution < 1.29 is 14.3 Å². The molecule has 2 amide bonds. The quantitative estimate of drug-likeness (QED) is 0.853. The molecule has 0 radical (unpaired) electrons. The number of para-hydroxylation sites is 2. The summed E-state index contributed by atoms with van der Waals surface area (Å²) in [6, 6.07) is 7.17. The fourth-order valence-corrected chi connectivity index (χ4v) is 1.73. The maximum Gasteiger partial charge on any atom is 0.244 e. The van der Waals surface area contributed by atoms with Crippen LogP contribution in [0.1, 0.15) is 20.3 Å². The van der Waals surface area contributed by atoms with Crippen molar-refractivity contribution in [2.45, 2.75) is 20.3 Å². The summed E-state index contributed by atoms with van der Waals surface area (Å²) in [5.74, 6) is 0.269. The molecular weight excluding hydrogens is 244 g/mol. The molecule has 1 aromatic carbocycles. The maximum atomic E-state index is 11.9. The van der Waals surface area contributed by atoms with Gasteiger partial charge in [-0.1, -0.05) is 19.1 Å². The first-order chi connectivity index (χ1) is 9.08. The number of hydrogen-bond acceptors (Lipinski definition) is 3. The molecule has 1 N–H and O–H groups in total. The Kier molecular flexibility index (Phi) is 5.85. The van der Waals surface area contributed by atoms with Gasteiger partial charge in [0.1, 0.15) is 5.75 Å². The van der Waals surface area contributed by atoms with Gasteiger partial charge in [-0.25, -0.2) is 0 Å². The summed E-state index contributed by atoms with van der Waals surface area (Å²) < 4.78 is 5.15. The number of nitrogens with one attached hydrogen (secondary N) is 1. The van der Waals surface area contributed by atoms with Crippen LogP contribution in [0, 0.1) is 0 Å². The van der Waals surface area contributed by atoms with E-state index < -0.39 is 0 Å². The molecule has 0 unspecified atom stereocenters. The predicted octanol–water partition coefficient (Wildman–Crippen LogP) is 1.89. The third-order valence-corrected chi connectivity index (χ3v) is 2.65. The van der Waals surface area contributed by atoms with E-state index >= 15 is 0 Å². The van der Waals surface area contributed by atoms with Gasteiger partial charge in [-0.3, -0.25) is 9.59 Å². The lowest BCUT2D eigenvalue weighted by Gasteiger charge is -2.20. The summed E-state index contributed by atoms with van der Waals surface area (Å²) in [5, 5.41) is 2.75. The third-order valence-electron chi connectivity index (χ3n) is 2.65. The molecule has 1 aromatic rings. The molecule has 1 rings (SSSR count). The molecule has 0 saturated carbocycles. The Bertz CT molecular complexity index is 446. The molecule has 0 spiro atoms. The molecule has 19 heavy (non-hydrogen) atoms. The number of ether oxygens (including phenoxy) is 1. The van der Waals surface area contributed by atoms with Crippen molar-refractivity contribution >= 4 is 17.5 Å². The molecule has 5 heteroatoms. The van der Waals surface area contributed by atoms with E-state index in [1.54, 1.807) is 19.2 Å². The Morgan fingerprint density at radius 2 is 2.00 bits per heavy atom. The largest absolute Gasteiger partial charge is 0.495 e. The van der Waals surface area contributed by atoms with Crippen LogP contribution in [0.3, 0.4) is 0 Å². The number of carbonyl (C=O) groups is 2. The molecule has 0 aliphatic heterocycles. The highest BCUT2D eigenvalue weighted by atomic mass is 16.5. The summed E-state index contributed by atoms with van der Waals surface area (Å²) in [7, 11) is 1.55. The molecule has 0 aliphatic carbocycles. The van der Waals surface area contributed by atoms with Crippen LogP contribution in [0.25, 0.3) is 0 Å². The molecule has 0 fully saturated rings. The van der Waals surface area contributed by atoms with E-state index in [1.165, 1.54) is 11.8 Å². The number of nitrogens with zero attached hydrogens (tertiary/aromatic N) is 1. The molecule has 0 saturated heterocycles. The number of amides is 2. The second kappa shape index (κ2) is 7.41. The van der Waals surface area contributed by atoms with Gasteiger partial charge in [0, 0.05) is 13.5 Å². The van der Waals surface area contributed by atoms with Crippen LogP contribution in [-0.4, -0.2) is 36.9 Å². The van der Waals surface area contributed by atoms with E-state index in [9.17, 15) is 9.59 Å². The van der Waals surface area contributed by atoms with E-state index in [2.05, 4.69) is 5.32 Å². The van der Waals surface area contributed by atoms with Gasteiger partial charge >= 0.3 is 0 Å². The predicted molar refractivity (Wildman–Crippen MR) is 74.2 cm³/mol. The standard InChI is InChI=1S/C14H20N2O3/c1-4-9-16(11(2)17)10-14(18)15-12-7-5-6-8-13(12)19-3/h5-8H,4,9-10H2,1-3H3,(H,15,18). The molecule has 0 aromatic heterocycles. The highest BCUT2D eigenvalue weighted by Crippen LogP contribution is 2.22. The summed E-state index contributed by atoms with van der Waals surface area (Å²) in [6.07, 6.45) is 0.821. The fraction of sp³-hybridized carbons (Fsp3) is 0.429. The van der Waals surface area contributed by atoms with Gasteiger partial charge in [0.15, 0.2) is 0 Å². The van der Waals surface area contributed by atoms with E-state index in [1.807, 2.05) is 19.1 Å². The SMILES string of the molecule is CCCN(CC(=O)Nc1ccccc1OC)C(C)=O. The molecule has 0 aliphatic rings. The summed E-state index contributed by atoms with van der Waals surface area (Å²) in [4.78, 5) is 24.8. The van der Waals surface area contributed by atoms with Crippen molar-refractivity contribution in [1.29, 1.82) is 0 Å². The second-order valence-corrected chi connectivity index (χ2v) is 4.19. The zero-order chi connectivity index (χ0) is 14.3. The van der Waals surface area contributed by atoms with Gasteiger partial charge in [0.2, 0.25) is 11.8 Å². The zero-order valence-electron chi connectivity index (χ0n) is 11.6. The minimum atomic E-state index is -0.229. The van der Waals surface area contributed by atoms with Crippen LogP contribution in [0.2, 0.25) is 0 Å². The molecule has 0 heterocycles. The Morgan fingerprint density at radius 1 is 1.32 bits per heavy atom. The Balaban J connectivity index is 2.66. The average Bonchev–Trinajstić information content (AvgIpc) is 2.38. The van der Waals surface area contributed by atoms with Gasteiger partial charge < -0.3 is 15.0 Å². The van der Waals surface area contributed by atoms with E-state index in [0.717, 1.165) is 6.42 Å². The monoisotopic (exact) mass is 264 g/mol. The number of methoxy groups -OCH3 is 1. The Hall–Kier alpha value is -2.04. The van der Waals surface area contributed by atoms with Crippen molar-refractivity contribution in [2.24, 2.45) is 0 Å². The van der Waals surface area contributed by atoms with Gasteiger partial charge in [0.05, 0.1) is 19.3 Å². The molecule has 104 valence electrons. The minimum absolute atomic E-state index is 0.0568. The first-order valence-electron chi connectivity index (χ1n) is 6.26. The number of rotatable bonds is 6. The molecular formula is C14H20N2O3. The molecule has 0 bridgehead atoms. The highest BCUT2D eigenvalue weighted by Gasteiger charge is 2.13. The lowest BCUT2D eigenvalue weighted by molar-refractivity contribution is -0.132. The van der Waals surface area contributed by atoms with Crippen LogP contribution >= 0.6 is 0 Å². The first kappa shape index (κ1) is 15.0. The number of carbonyl (C=O) groups excluding carboxylic acids is 2. The van der Waals surface area contributed by atoms with E-state index in [4.69, 9.17) is 4.74 Å². The normalized spacial score (nSPS) is 9.84. The van der Waals surface area contributed by atoms with E-state index in [0.29, 0.717) is 18.0 Å². The van der Waals surface area contributed by atoms with Crippen LogP contribution in [-0.2, 0) is 9.59 Å². The number of hydrogen-bond donors (Lipinski definition) is 1. The Morgan fingerprint density at radius 3 is 2.58 bits per heavy atom. The smallest absolute Gasteiger partial charge is 0.244 e. The van der Waals surface area contributed by atoms with E-state index in [-0.39, 0.29) is 18.4 Å². The molecule has 5 nitrogen and oxygen atoms in total. The van der Waals surface area contributed by atoms with Gasteiger partial charge in [-0.2, -0.15) is 0 Å². The summed E-state index contributed by atoms with van der Waals surface area (Å²) >= 11 is 0. The highest BCUT2D eigenvalue weighted by molar-refractivity contribution is 5.95. The van der Waals surface area contributed by atoms with Crippen LogP contribution in [0.5, 0.6) is 5.75 Å². The summed E-state index contributed by atoms with van der Waals surface area (Å²) in [6.45, 7) is 4.07. The fourth-order valence-electron chi connectivity index (χ4n) is 1.73. The third kappa shape index (κ3) is 4.62. The average molecular weight is 264 g/mol.